The minimum absolute atomic E-state index is 0.0752. The molecule has 0 aromatic carbocycles. The van der Waals surface area contributed by atoms with Gasteiger partial charge in [-0.3, -0.25) is 4.79 Å². The van der Waals surface area contributed by atoms with Crippen LogP contribution in [0.2, 0.25) is 0 Å². The lowest BCUT2D eigenvalue weighted by Gasteiger charge is -2.17. The molecule has 0 saturated carbocycles. The number of rotatable bonds is 0. The standard InChI is InChI=1S/C7H8N2O2/c1-5-2-9-4-8-7(10)6(9)3-11-5/h2-3H,4H2,1H3,(H,8,10). The summed E-state index contributed by atoms with van der Waals surface area (Å²) in [4.78, 5) is 12.8. The molecule has 0 radical (unpaired) electrons. The maximum atomic E-state index is 11.0. The zero-order chi connectivity index (χ0) is 7.84. The third kappa shape index (κ3) is 0.869. The van der Waals surface area contributed by atoms with Crippen molar-refractivity contribution in [2.24, 2.45) is 0 Å². The van der Waals surface area contributed by atoms with Crippen LogP contribution in [0.5, 0.6) is 0 Å². The van der Waals surface area contributed by atoms with Crippen LogP contribution in [-0.2, 0) is 9.53 Å². The Hall–Kier alpha value is -1.45. The van der Waals surface area contributed by atoms with Gasteiger partial charge in [0.05, 0.1) is 6.67 Å². The Bertz CT molecular complexity index is 268. The van der Waals surface area contributed by atoms with Gasteiger partial charge in [-0.15, -0.1) is 0 Å². The largest absolute Gasteiger partial charge is 0.466 e. The number of ether oxygens (including phenoxy) is 1. The number of carbonyl (C=O) groups excluding carboxylic acids is 1. The molecule has 2 rings (SSSR count). The molecule has 0 spiro atoms. The fourth-order valence-electron chi connectivity index (χ4n) is 1.10. The van der Waals surface area contributed by atoms with Crippen molar-refractivity contribution in [2.45, 2.75) is 6.92 Å². The SMILES string of the molecule is CC1=CN2CNC(=O)C2=CO1. The van der Waals surface area contributed by atoms with Crippen LogP contribution in [0.3, 0.4) is 0 Å². The summed E-state index contributed by atoms with van der Waals surface area (Å²) in [7, 11) is 0. The lowest BCUT2D eigenvalue weighted by molar-refractivity contribution is -0.116. The molecule has 0 aromatic rings. The van der Waals surface area contributed by atoms with Crippen molar-refractivity contribution in [3.63, 3.8) is 0 Å². The van der Waals surface area contributed by atoms with E-state index < -0.39 is 0 Å². The van der Waals surface area contributed by atoms with Gasteiger partial charge < -0.3 is 15.0 Å². The van der Waals surface area contributed by atoms with Crippen LogP contribution < -0.4 is 5.32 Å². The first-order valence-corrected chi connectivity index (χ1v) is 3.37. The Morgan fingerprint density at radius 1 is 1.73 bits per heavy atom. The van der Waals surface area contributed by atoms with Crippen molar-refractivity contribution >= 4 is 5.91 Å². The van der Waals surface area contributed by atoms with Crippen molar-refractivity contribution in [1.82, 2.24) is 10.2 Å². The summed E-state index contributed by atoms with van der Waals surface area (Å²) in [6, 6.07) is 0. The first kappa shape index (κ1) is 6.27. The van der Waals surface area contributed by atoms with E-state index in [-0.39, 0.29) is 5.91 Å². The highest BCUT2D eigenvalue weighted by molar-refractivity contribution is 5.94. The van der Waals surface area contributed by atoms with E-state index in [1.807, 2.05) is 11.8 Å². The molecular formula is C7H8N2O2. The predicted octanol–water partition coefficient (Wildman–Crippen LogP) is 0.109. The minimum Gasteiger partial charge on any atom is -0.466 e. The van der Waals surface area contributed by atoms with Crippen molar-refractivity contribution in [3.8, 4) is 0 Å². The highest BCUT2D eigenvalue weighted by Crippen LogP contribution is 2.18. The minimum atomic E-state index is -0.0752. The molecule has 1 N–H and O–H groups in total. The van der Waals surface area contributed by atoms with E-state index in [1.165, 1.54) is 6.26 Å². The van der Waals surface area contributed by atoms with Gasteiger partial charge in [-0.25, -0.2) is 0 Å². The lowest BCUT2D eigenvalue weighted by Crippen LogP contribution is -2.17. The zero-order valence-corrected chi connectivity index (χ0v) is 6.13. The number of amides is 1. The van der Waals surface area contributed by atoms with Crippen LogP contribution in [0, 0.1) is 0 Å². The quantitative estimate of drug-likeness (QED) is 0.535. The van der Waals surface area contributed by atoms with Gasteiger partial charge in [-0.1, -0.05) is 0 Å². The van der Waals surface area contributed by atoms with Crippen LogP contribution in [0.1, 0.15) is 6.92 Å². The maximum Gasteiger partial charge on any atom is 0.272 e. The summed E-state index contributed by atoms with van der Waals surface area (Å²) in [5.41, 5.74) is 0.579. The fourth-order valence-corrected chi connectivity index (χ4v) is 1.10. The van der Waals surface area contributed by atoms with E-state index in [4.69, 9.17) is 4.74 Å². The Labute approximate surface area is 64.1 Å². The summed E-state index contributed by atoms with van der Waals surface area (Å²) < 4.78 is 5.06. The molecule has 4 nitrogen and oxygen atoms in total. The molecular weight excluding hydrogens is 144 g/mol. The van der Waals surface area contributed by atoms with Crippen molar-refractivity contribution in [3.05, 3.63) is 23.9 Å². The van der Waals surface area contributed by atoms with Gasteiger partial charge in [0, 0.05) is 6.20 Å². The summed E-state index contributed by atoms with van der Waals surface area (Å²) in [6.07, 6.45) is 3.27. The number of carbonyl (C=O) groups is 1. The van der Waals surface area contributed by atoms with Crippen LogP contribution in [0.4, 0.5) is 0 Å². The third-order valence-electron chi connectivity index (χ3n) is 1.65. The van der Waals surface area contributed by atoms with Gasteiger partial charge in [0.1, 0.15) is 17.7 Å². The normalized spacial score (nSPS) is 21.5. The Balaban J connectivity index is 2.30. The summed E-state index contributed by atoms with van der Waals surface area (Å²) in [6.45, 7) is 2.39. The molecule has 0 unspecified atom stereocenters. The fraction of sp³-hybridized carbons (Fsp3) is 0.286. The molecule has 0 atom stereocenters. The highest BCUT2D eigenvalue weighted by atomic mass is 16.5. The number of fused-ring (bicyclic) bond motifs is 1. The van der Waals surface area contributed by atoms with Crippen molar-refractivity contribution in [1.29, 1.82) is 0 Å². The topological polar surface area (TPSA) is 41.6 Å². The van der Waals surface area contributed by atoms with Crippen molar-refractivity contribution in [2.75, 3.05) is 6.67 Å². The molecule has 1 saturated heterocycles. The molecule has 58 valence electrons. The molecule has 4 heteroatoms. The van der Waals surface area contributed by atoms with Gasteiger partial charge in [-0.2, -0.15) is 0 Å². The van der Waals surface area contributed by atoms with E-state index >= 15 is 0 Å². The number of hydrogen-bond acceptors (Lipinski definition) is 3. The average molecular weight is 152 g/mol. The second-order valence-electron chi connectivity index (χ2n) is 2.49. The number of hydrogen-bond donors (Lipinski definition) is 1. The molecule has 0 aliphatic carbocycles. The number of nitrogens with zero attached hydrogens (tertiary/aromatic N) is 1. The summed E-state index contributed by atoms with van der Waals surface area (Å²) in [5.74, 6) is 0.721. The summed E-state index contributed by atoms with van der Waals surface area (Å²) >= 11 is 0. The molecule has 0 aromatic heterocycles. The summed E-state index contributed by atoms with van der Waals surface area (Å²) in [5, 5.41) is 2.68. The third-order valence-corrected chi connectivity index (χ3v) is 1.65. The van der Waals surface area contributed by atoms with Crippen LogP contribution in [0.15, 0.2) is 23.9 Å². The first-order chi connectivity index (χ1) is 5.27. The average Bonchev–Trinajstić information content (AvgIpc) is 2.32. The van der Waals surface area contributed by atoms with E-state index in [0.717, 1.165) is 5.76 Å². The van der Waals surface area contributed by atoms with Gasteiger partial charge in [0.2, 0.25) is 0 Å². The second-order valence-corrected chi connectivity index (χ2v) is 2.49. The van der Waals surface area contributed by atoms with Crippen LogP contribution in [0.25, 0.3) is 0 Å². The molecule has 2 aliphatic heterocycles. The molecule has 2 aliphatic rings. The van der Waals surface area contributed by atoms with Gasteiger partial charge >= 0.3 is 0 Å². The highest BCUT2D eigenvalue weighted by Gasteiger charge is 2.26. The Morgan fingerprint density at radius 2 is 2.55 bits per heavy atom. The van der Waals surface area contributed by atoms with E-state index in [9.17, 15) is 4.79 Å². The van der Waals surface area contributed by atoms with E-state index in [1.54, 1.807) is 6.20 Å². The first-order valence-electron chi connectivity index (χ1n) is 3.37. The molecule has 2 heterocycles. The maximum absolute atomic E-state index is 11.0. The Kier molecular flexibility index (Phi) is 1.15. The molecule has 1 amide bonds. The van der Waals surface area contributed by atoms with E-state index in [2.05, 4.69) is 5.32 Å². The van der Waals surface area contributed by atoms with Gasteiger partial charge in [0.25, 0.3) is 5.91 Å². The van der Waals surface area contributed by atoms with Gasteiger partial charge in [-0.05, 0) is 6.92 Å². The van der Waals surface area contributed by atoms with Gasteiger partial charge in [0.15, 0.2) is 0 Å². The predicted molar refractivity (Wildman–Crippen MR) is 37.8 cm³/mol. The zero-order valence-electron chi connectivity index (χ0n) is 6.13. The second kappa shape index (κ2) is 2.02. The van der Waals surface area contributed by atoms with Crippen LogP contribution in [-0.4, -0.2) is 17.5 Å². The smallest absolute Gasteiger partial charge is 0.272 e. The van der Waals surface area contributed by atoms with E-state index in [0.29, 0.717) is 12.4 Å². The molecule has 11 heavy (non-hydrogen) atoms. The number of nitrogens with one attached hydrogen (secondary N) is 1. The van der Waals surface area contributed by atoms with Crippen molar-refractivity contribution < 1.29 is 9.53 Å². The Morgan fingerprint density at radius 3 is 3.36 bits per heavy atom. The molecule has 0 bridgehead atoms. The monoisotopic (exact) mass is 152 g/mol. The van der Waals surface area contributed by atoms with Crippen LogP contribution >= 0.6 is 0 Å². The molecule has 1 fully saturated rings. The lowest BCUT2D eigenvalue weighted by atomic mass is 10.4. The number of allylic oxidation sites excluding steroid dienone is 1.